The standard InChI is InChI=1S/C20H24ClNO2/c1-4-17(15-12-10-14(3)11-13-15)22-20(23)18(5-2)24-19-9-7-6-8-16(19)21/h6-13,17-18H,4-5H2,1-3H3,(H,22,23)/t17-,18-/m1/s1. The Labute approximate surface area is 149 Å². The molecule has 0 fully saturated rings. The van der Waals surface area contributed by atoms with Gasteiger partial charge in [-0.15, -0.1) is 0 Å². The summed E-state index contributed by atoms with van der Waals surface area (Å²) in [4.78, 5) is 12.6. The minimum Gasteiger partial charge on any atom is -0.479 e. The zero-order valence-electron chi connectivity index (χ0n) is 14.4. The molecule has 0 aliphatic carbocycles. The highest BCUT2D eigenvalue weighted by Gasteiger charge is 2.22. The van der Waals surface area contributed by atoms with Gasteiger partial charge in [0.1, 0.15) is 5.75 Å². The van der Waals surface area contributed by atoms with Gasteiger partial charge in [-0.2, -0.15) is 0 Å². The number of ether oxygens (including phenoxy) is 1. The molecule has 0 saturated carbocycles. The first-order valence-corrected chi connectivity index (χ1v) is 8.71. The number of nitrogens with one attached hydrogen (secondary N) is 1. The van der Waals surface area contributed by atoms with E-state index in [9.17, 15) is 4.79 Å². The van der Waals surface area contributed by atoms with Gasteiger partial charge in [-0.25, -0.2) is 0 Å². The van der Waals surface area contributed by atoms with E-state index in [1.165, 1.54) is 5.56 Å². The fourth-order valence-corrected chi connectivity index (χ4v) is 2.68. The van der Waals surface area contributed by atoms with Gasteiger partial charge in [0.2, 0.25) is 0 Å². The van der Waals surface area contributed by atoms with Crippen molar-refractivity contribution in [3.63, 3.8) is 0 Å². The molecule has 128 valence electrons. The summed E-state index contributed by atoms with van der Waals surface area (Å²) in [7, 11) is 0. The van der Waals surface area contributed by atoms with E-state index in [2.05, 4.69) is 36.5 Å². The van der Waals surface area contributed by atoms with Crippen LogP contribution in [0.1, 0.15) is 43.9 Å². The van der Waals surface area contributed by atoms with Gasteiger partial charge in [0.25, 0.3) is 5.91 Å². The molecule has 0 heterocycles. The summed E-state index contributed by atoms with van der Waals surface area (Å²) in [6.07, 6.45) is 0.822. The maximum absolute atomic E-state index is 12.6. The predicted molar refractivity (Wildman–Crippen MR) is 98.5 cm³/mol. The van der Waals surface area contributed by atoms with Crippen molar-refractivity contribution in [2.24, 2.45) is 0 Å². The number of benzene rings is 2. The molecule has 4 heteroatoms. The van der Waals surface area contributed by atoms with Crippen LogP contribution in [0.4, 0.5) is 0 Å². The molecule has 24 heavy (non-hydrogen) atoms. The molecule has 2 atom stereocenters. The number of para-hydroxylation sites is 1. The Hall–Kier alpha value is -2.00. The zero-order chi connectivity index (χ0) is 17.5. The van der Waals surface area contributed by atoms with Crippen molar-refractivity contribution in [2.75, 3.05) is 0 Å². The fourth-order valence-electron chi connectivity index (χ4n) is 2.50. The van der Waals surface area contributed by atoms with Gasteiger partial charge in [-0.05, 0) is 37.5 Å². The minimum absolute atomic E-state index is 0.0259. The van der Waals surface area contributed by atoms with Crippen LogP contribution in [0.5, 0.6) is 5.75 Å². The molecule has 1 amide bonds. The smallest absolute Gasteiger partial charge is 0.261 e. The van der Waals surface area contributed by atoms with E-state index in [-0.39, 0.29) is 11.9 Å². The Bertz CT molecular complexity index is 670. The number of rotatable bonds is 7. The molecule has 0 spiro atoms. The summed E-state index contributed by atoms with van der Waals surface area (Å²) in [5, 5.41) is 3.59. The third-order valence-corrected chi connectivity index (χ3v) is 4.29. The quantitative estimate of drug-likeness (QED) is 0.760. The van der Waals surface area contributed by atoms with Gasteiger partial charge >= 0.3 is 0 Å². The zero-order valence-corrected chi connectivity index (χ0v) is 15.1. The lowest BCUT2D eigenvalue weighted by Crippen LogP contribution is -2.40. The molecule has 0 aliphatic rings. The number of hydrogen-bond donors (Lipinski definition) is 1. The summed E-state index contributed by atoms with van der Waals surface area (Å²) < 4.78 is 5.81. The van der Waals surface area contributed by atoms with Crippen molar-refractivity contribution in [3.05, 3.63) is 64.7 Å². The second kappa shape index (κ2) is 8.74. The first-order valence-electron chi connectivity index (χ1n) is 8.33. The summed E-state index contributed by atoms with van der Waals surface area (Å²) >= 11 is 6.12. The molecule has 0 unspecified atom stereocenters. The average Bonchev–Trinajstić information content (AvgIpc) is 2.59. The van der Waals surface area contributed by atoms with Gasteiger partial charge in [-0.3, -0.25) is 4.79 Å². The predicted octanol–water partition coefficient (Wildman–Crippen LogP) is 5.07. The monoisotopic (exact) mass is 345 g/mol. The van der Waals surface area contributed by atoms with Crippen LogP contribution in [0.3, 0.4) is 0 Å². The Morgan fingerprint density at radius 1 is 1.08 bits per heavy atom. The van der Waals surface area contributed by atoms with Crippen molar-refractivity contribution in [1.82, 2.24) is 5.32 Å². The maximum atomic E-state index is 12.6. The van der Waals surface area contributed by atoms with Crippen molar-refractivity contribution >= 4 is 17.5 Å². The average molecular weight is 346 g/mol. The highest BCUT2D eigenvalue weighted by atomic mass is 35.5. The molecule has 2 aromatic rings. The van der Waals surface area contributed by atoms with E-state index in [4.69, 9.17) is 16.3 Å². The van der Waals surface area contributed by atoms with E-state index < -0.39 is 6.10 Å². The number of aryl methyl sites for hydroxylation is 1. The molecular weight excluding hydrogens is 322 g/mol. The summed E-state index contributed by atoms with van der Waals surface area (Å²) in [5.41, 5.74) is 2.30. The largest absolute Gasteiger partial charge is 0.479 e. The molecule has 1 N–H and O–H groups in total. The lowest BCUT2D eigenvalue weighted by atomic mass is 10.0. The first kappa shape index (κ1) is 18.3. The van der Waals surface area contributed by atoms with Crippen LogP contribution in [0.15, 0.2) is 48.5 Å². The molecule has 2 rings (SSSR count). The summed E-state index contributed by atoms with van der Waals surface area (Å²) in [6, 6.07) is 15.4. The van der Waals surface area contributed by atoms with Crippen LogP contribution >= 0.6 is 11.6 Å². The summed E-state index contributed by atoms with van der Waals surface area (Å²) in [5.74, 6) is 0.411. The number of hydrogen-bond acceptors (Lipinski definition) is 2. The Kier molecular flexibility index (Phi) is 6.68. The van der Waals surface area contributed by atoms with Crippen molar-refractivity contribution < 1.29 is 9.53 Å². The topological polar surface area (TPSA) is 38.3 Å². The molecule has 0 saturated heterocycles. The second-order valence-corrected chi connectivity index (χ2v) is 6.23. The van der Waals surface area contributed by atoms with Crippen LogP contribution in [0.2, 0.25) is 5.02 Å². The SMILES string of the molecule is CC[C@@H](Oc1ccccc1Cl)C(=O)N[C@H](CC)c1ccc(C)cc1. The van der Waals surface area contributed by atoms with E-state index >= 15 is 0 Å². The van der Waals surface area contributed by atoms with E-state index in [0.717, 1.165) is 12.0 Å². The fraction of sp³-hybridized carbons (Fsp3) is 0.350. The van der Waals surface area contributed by atoms with Crippen molar-refractivity contribution in [2.45, 2.75) is 45.8 Å². The molecule has 0 aliphatic heterocycles. The van der Waals surface area contributed by atoms with Crippen molar-refractivity contribution in [3.8, 4) is 5.75 Å². The molecule has 2 aromatic carbocycles. The van der Waals surface area contributed by atoms with Crippen LogP contribution in [-0.2, 0) is 4.79 Å². The second-order valence-electron chi connectivity index (χ2n) is 5.83. The Balaban J connectivity index is 2.07. The molecular formula is C20H24ClNO2. The Morgan fingerprint density at radius 2 is 1.75 bits per heavy atom. The van der Waals surface area contributed by atoms with E-state index in [1.54, 1.807) is 12.1 Å². The number of carbonyl (C=O) groups excluding carboxylic acids is 1. The Morgan fingerprint density at radius 3 is 2.33 bits per heavy atom. The minimum atomic E-state index is -0.565. The summed E-state index contributed by atoms with van der Waals surface area (Å²) in [6.45, 7) is 6.03. The van der Waals surface area contributed by atoms with Gasteiger partial charge < -0.3 is 10.1 Å². The first-order chi connectivity index (χ1) is 11.5. The van der Waals surface area contributed by atoms with Crippen LogP contribution in [-0.4, -0.2) is 12.0 Å². The highest BCUT2D eigenvalue weighted by Crippen LogP contribution is 2.25. The number of carbonyl (C=O) groups is 1. The van der Waals surface area contributed by atoms with Gasteiger partial charge in [-0.1, -0.05) is 67.4 Å². The van der Waals surface area contributed by atoms with E-state index in [0.29, 0.717) is 17.2 Å². The third kappa shape index (κ3) is 4.75. The van der Waals surface area contributed by atoms with Gasteiger partial charge in [0.15, 0.2) is 6.10 Å². The third-order valence-electron chi connectivity index (χ3n) is 3.97. The molecule has 3 nitrogen and oxygen atoms in total. The van der Waals surface area contributed by atoms with Gasteiger partial charge in [0, 0.05) is 0 Å². The molecule has 0 aromatic heterocycles. The van der Waals surface area contributed by atoms with Crippen LogP contribution in [0, 0.1) is 6.92 Å². The van der Waals surface area contributed by atoms with E-state index in [1.807, 2.05) is 26.0 Å². The maximum Gasteiger partial charge on any atom is 0.261 e. The normalized spacial score (nSPS) is 13.2. The lowest BCUT2D eigenvalue weighted by molar-refractivity contribution is -0.128. The number of halogens is 1. The molecule has 0 bridgehead atoms. The van der Waals surface area contributed by atoms with Crippen LogP contribution < -0.4 is 10.1 Å². The lowest BCUT2D eigenvalue weighted by Gasteiger charge is -2.23. The highest BCUT2D eigenvalue weighted by molar-refractivity contribution is 6.32. The number of amides is 1. The van der Waals surface area contributed by atoms with Gasteiger partial charge in [0.05, 0.1) is 11.1 Å². The van der Waals surface area contributed by atoms with Crippen molar-refractivity contribution in [1.29, 1.82) is 0 Å². The van der Waals surface area contributed by atoms with Crippen LogP contribution in [0.25, 0.3) is 0 Å². The molecule has 0 radical (unpaired) electrons.